The molecule has 0 saturated heterocycles. The molecule has 112 valence electrons. The molecule has 0 amide bonds. The molecular formula is C15H15F3N2O. The van der Waals surface area contributed by atoms with E-state index in [2.05, 4.69) is 10.3 Å². The van der Waals surface area contributed by atoms with Crippen molar-refractivity contribution in [2.24, 2.45) is 0 Å². The second kappa shape index (κ2) is 6.58. The first-order chi connectivity index (χ1) is 10.0. The standard InChI is InChI=1S/C15H15F3N2O/c1-2-19-10-11-5-4-8-20-14(11)21-13-7-3-6-12(9-13)15(16,17)18/h3-9,19H,2,10H2,1H3. The molecule has 21 heavy (non-hydrogen) atoms. The van der Waals surface area contributed by atoms with E-state index in [0.717, 1.165) is 24.2 Å². The Kier molecular flexibility index (Phi) is 4.80. The molecule has 2 aromatic rings. The van der Waals surface area contributed by atoms with Gasteiger partial charge in [0.05, 0.1) is 5.56 Å². The summed E-state index contributed by atoms with van der Waals surface area (Å²) in [5, 5.41) is 3.13. The van der Waals surface area contributed by atoms with E-state index in [4.69, 9.17) is 4.74 Å². The van der Waals surface area contributed by atoms with Gasteiger partial charge in [-0.2, -0.15) is 13.2 Å². The topological polar surface area (TPSA) is 34.2 Å². The van der Waals surface area contributed by atoms with Gasteiger partial charge in [-0.05, 0) is 30.8 Å². The molecule has 1 N–H and O–H groups in total. The molecule has 0 saturated carbocycles. The third-order valence-electron chi connectivity index (χ3n) is 2.79. The van der Waals surface area contributed by atoms with Crippen LogP contribution in [0.2, 0.25) is 0 Å². The Bertz CT molecular complexity index is 599. The van der Waals surface area contributed by atoms with Gasteiger partial charge in [-0.3, -0.25) is 0 Å². The zero-order chi connectivity index (χ0) is 15.3. The van der Waals surface area contributed by atoms with E-state index in [1.807, 2.05) is 13.0 Å². The summed E-state index contributed by atoms with van der Waals surface area (Å²) in [7, 11) is 0. The fourth-order valence-corrected chi connectivity index (χ4v) is 1.76. The molecule has 0 spiro atoms. The van der Waals surface area contributed by atoms with Crippen molar-refractivity contribution in [2.45, 2.75) is 19.6 Å². The first-order valence-corrected chi connectivity index (χ1v) is 6.50. The smallest absolute Gasteiger partial charge is 0.416 e. The van der Waals surface area contributed by atoms with Crippen molar-refractivity contribution in [2.75, 3.05) is 6.54 Å². The zero-order valence-corrected chi connectivity index (χ0v) is 11.4. The molecule has 0 bridgehead atoms. The van der Waals surface area contributed by atoms with Crippen molar-refractivity contribution in [3.63, 3.8) is 0 Å². The maximum atomic E-state index is 12.7. The van der Waals surface area contributed by atoms with Gasteiger partial charge in [-0.15, -0.1) is 0 Å². The first-order valence-electron chi connectivity index (χ1n) is 6.50. The van der Waals surface area contributed by atoms with Crippen molar-refractivity contribution in [1.29, 1.82) is 0 Å². The van der Waals surface area contributed by atoms with E-state index in [0.29, 0.717) is 12.4 Å². The number of aromatic nitrogens is 1. The molecule has 0 atom stereocenters. The second-order valence-electron chi connectivity index (χ2n) is 4.38. The number of benzene rings is 1. The predicted octanol–water partition coefficient (Wildman–Crippen LogP) is 4.00. The SMILES string of the molecule is CCNCc1cccnc1Oc1cccc(C(F)(F)F)c1. The van der Waals surface area contributed by atoms with Crippen LogP contribution in [-0.4, -0.2) is 11.5 Å². The third kappa shape index (κ3) is 4.19. The van der Waals surface area contributed by atoms with E-state index in [1.165, 1.54) is 12.1 Å². The summed E-state index contributed by atoms with van der Waals surface area (Å²) in [6.07, 6.45) is -2.85. The van der Waals surface area contributed by atoms with Gasteiger partial charge < -0.3 is 10.1 Å². The van der Waals surface area contributed by atoms with E-state index in [9.17, 15) is 13.2 Å². The van der Waals surface area contributed by atoms with Crippen molar-refractivity contribution in [1.82, 2.24) is 10.3 Å². The average Bonchev–Trinajstić information content (AvgIpc) is 2.46. The van der Waals surface area contributed by atoms with Gasteiger partial charge in [0, 0.05) is 18.3 Å². The Labute approximate surface area is 120 Å². The highest BCUT2D eigenvalue weighted by Gasteiger charge is 2.30. The monoisotopic (exact) mass is 296 g/mol. The molecule has 3 nitrogen and oxygen atoms in total. The van der Waals surface area contributed by atoms with Crippen LogP contribution in [0.3, 0.4) is 0 Å². The third-order valence-corrected chi connectivity index (χ3v) is 2.79. The average molecular weight is 296 g/mol. The van der Waals surface area contributed by atoms with E-state index < -0.39 is 11.7 Å². The number of rotatable bonds is 5. The van der Waals surface area contributed by atoms with Gasteiger partial charge in [0.15, 0.2) is 0 Å². The molecule has 0 aliphatic heterocycles. The lowest BCUT2D eigenvalue weighted by Gasteiger charge is -2.12. The summed E-state index contributed by atoms with van der Waals surface area (Å²) >= 11 is 0. The lowest BCUT2D eigenvalue weighted by Crippen LogP contribution is -2.12. The molecule has 1 heterocycles. The van der Waals surface area contributed by atoms with Crippen molar-refractivity contribution < 1.29 is 17.9 Å². The Morgan fingerprint density at radius 2 is 2.00 bits per heavy atom. The highest BCUT2D eigenvalue weighted by Crippen LogP contribution is 2.32. The number of nitrogens with zero attached hydrogens (tertiary/aromatic N) is 1. The Hall–Kier alpha value is -2.08. The number of ether oxygens (including phenoxy) is 1. The molecule has 0 aliphatic carbocycles. The van der Waals surface area contributed by atoms with Gasteiger partial charge in [0.2, 0.25) is 5.88 Å². The van der Waals surface area contributed by atoms with Crippen LogP contribution >= 0.6 is 0 Å². The normalized spacial score (nSPS) is 11.4. The van der Waals surface area contributed by atoms with Crippen molar-refractivity contribution in [3.05, 3.63) is 53.7 Å². The maximum Gasteiger partial charge on any atom is 0.416 e. The lowest BCUT2D eigenvalue weighted by molar-refractivity contribution is -0.137. The first kappa shape index (κ1) is 15.3. The van der Waals surface area contributed by atoms with Crippen LogP contribution in [0.5, 0.6) is 11.6 Å². The van der Waals surface area contributed by atoms with Gasteiger partial charge in [-0.25, -0.2) is 4.98 Å². The Morgan fingerprint density at radius 1 is 1.19 bits per heavy atom. The second-order valence-corrected chi connectivity index (χ2v) is 4.38. The Morgan fingerprint density at radius 3 is 2.71 bits per heavy atom. The minimum Gasteiger partial charge on any atom is -0.439 e. The molecule has 1 aromatic heterocycles. The van der Waals surface area contributed by atoms with Crippen LogP contribution < -0.4 is 10.1 Å². The highest BCUT2D eigenvalue weighted by atomic mass is 19.4. The predicted molar refractivity (Wildman–Crippen MR) is 73.1 cm³/mol. The zero-order valence-electron chi connectivity index (χ0n) is 11.4. The highest BCUT2D eigenvalue weighted by molar-refractivity contribution is 5.35. The number of nitrogens with one attached hydrogen (secondary N) is 1. The van der Waals surface area contributed by atoms with E-state index in [-0.39, 0.29) is 5.75 Å². The van der Waals surface area contributed by atoms with Crippen LogP contribution in [0.25, 0.3) is 0 Å². The summed E-state index contributed by atoms with van der Waals surface area (Å²) in [5.74, 6) is 0.416. The van der Waals surface area contributed by atoms with Gasteiger partial charge in [0.1, 0.15) is 5.75 Å². The lowest BCUT2D eigenvalue weighted by atomic mass is 10.2. The molecule has 0 aliphatic rings. The largest absolute Gasteiger partial charge is 0.439 e. The molecule has 0 unspecified atom stereocenters. The van der Waals surface area contributed by atoms with Crippen LogP contribution in [0.15, 0.2) is 42.6 Å². The molecule has 1 aromatic carbocycles. The maximum absolute atomic E-state index is 12.7. The quantitative estimate of drug-likeness (QED) is 0.905. The van der Waals surface area contributed by atoms with Crippen molar-refractivity contribution >= 4 is 0 Å². The number of alkyl halides is 3. The summed E-state index contributed by atoms with van der Waals surface area (Å²) in [4.78, 5) is 4.08. The number of pyridine rings is 1. The minimum absolute atomic E-state index is 0.112. The summed E-state index contributed by atoms with van der Waals surface area (Å²) in [5.41, 5.74) is 0.0425. The van der Waals surface area contributed by atoms with Crippen molar-refractivity contribution in [3.8, 4) is 11.6 Å². The van der Waals surface area contributed by atoms with E-state index in [1.54, 1.807) is 12.3 Å². The minimum atomic E-state index is -4.39. The fourth-order valence-electron chi connectivity index (χ4n) is 1.76. The summed E-state index contributed by atoms with van der Waals surface area (Å²) < 4.78 is 43.5. The number of hydrogen-bond acceptors (Lipinski definition) is 3. The van der Waals surface area contributed by atoms with Crippen LogP contribution in [0, 0.1) is 0 Å². The van der Waals surface area contributed by atoms with Gasteiger partial charge in [-0.1, -0.05) is 19.1 Å². The Balaban J connectivity index is 2.22. The van der Waals surface area contributed by atoms with Gasteiger partial charge >= 0.3 is 6.18 Å². The summed E-state index contributed by atoms with van der Waals surface area (Å²) in [6, 6.07) is 8.33. The van der Waals surface area contributed by atoms with Gasteiger partial charge in [0.25, 0.3) is 0 Å². The summed E-state index contributed by atoms with van der Waals surface area (Å²) in [6.45, 7) is 3.28. The van der Waals surface area contributed by atoms with Crippen LogP contribution in [0.4, 0.5) is 13.2 Å². The molecular weight excluding hydrogens is 281 g/mol. The molecule has 2 rings (SSSR count). The number of hydrogen-bond donors (Lipinski definition) is 1. The van der Waals surface area contributed by atoms with E-state index >= 15 is 0 Å². The molecule has 6 heteroatoms. The van der Waals surface area contributed by atoms with Crippen LogP contribution in [-0.2, 0) is 12.7 Å². The molecule has 0 fully saturated rings. The number of halogens is 3. The van der Waals surface area contributed by atoms with Crippen LogP contribution in [0.1, 0.15) is 18.1 Å². The molecule has 0 radical (unpaired) electrons. The fraction of sp³-hybridized carbons (Fsp3) is 0.267.